The number of thioether (sulfide) groups is 1. The number of rotatable bonds is 5. The molecular formula is C18H20BrNO6S. The van der Waals surface area contributed by atoms with Gasteiger partial charge in [-0.25, -0.2) is 0 Å². The monoisotopic (exact) mass is 457 g/mol. The first-order valence-electron chi connectivity index (χ1n) is 8.14. The summed E-state index contributed by atoms with van der Waals surface area (Å²) < 4.78 is 10.9. The minimum Gasteiger partial charge on any atom is -0.503 e. The van der Waals surface area contributed by atoms with Crippen LogP contribution in [0, 0.1) is 0 Å². The molecular weight excluding hydrogens is 438 g/mol. The molecule has 1 heterocycles. The van der Waals surface area contributed by atoms with E-state index in [-0.39, 0.29) is 16.4 Å². The van der Waals surface area contributed by atoms with Crippen molar-refractivity contribution in [2.45, 2.75) is 33.3 Å². The van der Waals surface area contributed by atoms with Crippen molar-refractivity contribution in [1.82, 2.24) is 4.90 Å². The van der Waals surface area contributed by atoms with Crippen LogP contribution in [0.5, 0.6) is 11.5 Å². The van der Waals surface area contributed by atoms with E-state index in [0.717, 1.165) is 16.7 Å². The Hall–Kier alpha value is -2.00. The summed E-state index contributed by atoms with van der Waals surface area (Å²) in [7, 11) is 0. The number of halogens is 1. The largest absolute Gasteiger partial charge is 0.503 e. The van der Waals surface area contributed by atoms with Crippen molar-refractivity contribution in [3.05, 3.63) is 27.1 Å². The third-order valence-corrected chi connectivity index (χ3v) is 4.74. The van der Waals surface area contributed by atoms with Crippen LogP contribution in [0.15, 0.2) is 21.5 Å². The molecule has 0 atom stereocenters. The number of carbonyl (C=O) groups excluding carboxylic acids is 3. The van der Waals surface area contributed by atoms with Crippen molar-refractivity contribution < 1.29 is 29.0 Å². The number of amides is 2. The summed E-state index contributed by atoms with van der Waals surface area (Å²) in [4.78, 5) is 37.6. The summed E-state index contributed by atoms with van der Waals surface area (Å²) in [5, 5.41) is 9.42. The van der Waals surface area contributed by atoms with Crippen LogP contribution < -0.4 is 4.74 Å². The number of ether oxygens (including phenoxy) is 2. The number of hydrogen-bond donors (Lipinski definition) is 1. The van der Waals surface area contributed by atoms with Gasteiger partial charge in [0, 0.05) is 0 Å². The Morgan fingerprint density at radius 2 is 2.00 bits per heavy atom. The minimum atomic E-state index is -0.706. The first kappa shape index (κ1) is 21.3. The zero-order chi connectivity index (χ0) is 20.4. The summed E-state index contributed by atoms with van der Waals surface area (Å²) in [6.45, 7) is 6.81. The van der Waals surface area contributed by atoms with Crippen LogP contribution in [0.2, 0.25) is 0 Å². The lowest BCUT2D eigenvalue weighted by Crippen LogP contribution is -2.37. The highest BCUT2D eigenvalue weighted by atomic mass is 79.9. The third-order valence-electron chi connectivity index (χ3n) is 3.23. The van der Waals surface area contributed by atoms with Gasteiger partial charge >= 0.3 is 5.97 Å². The van der Waals surface area contributed by atoms with Gasteiger partial charge in [0.25, 0.3) is 11.1 Å². The molecule has 2 amide bonds. The maximum absolute atomic E-state index is 12.5. The molecule has 0 bridgehead atoms. The van der Waals surface area contributed by atoms with Gasteiger partial charge in [-0.1, -0.05) is 0 Å². The Morgan fingerprint density at radius 1 is 1.33 bits per heavy atom. The SMILES string of the molecule is CCOc1cc(C=C2SC(=O)N(CC(=O)OC(C)(C)C)C2=O)cc(Br)c1O. The van der Waals surface area contributed by atoms with E-state index >= 15 is 0 Å². The average molecular weight is 458 g/mol. The fourth-order valence-electron chi connectivity index (χ4n) is 2.23. The quantitative estimate of drug-likeness (QED) is 0.528. The van der Waals surface area contributed by atoms with Gasteiger partial charge in [0.1, 0.15) is 12.1 Å². The molecule has 1 aliphatic rings. The molecule has 0 unspecified atom stereocenters. The van der Waals surface area contributed by atoms with Crippen LogP contribution >= 0.6 is 27.7 Å². The molecule has 1 aromatic rings. The number of imide groups is 1. The molecule has 0 radical (unpaired) electrons. The van der Waals surface area contributed by atoms with E-state index in [1.54, 1.807) is 39.8 Å². The van der Waals surface area contributed by atoms with E-state index in [0.29, 0.717) is 16.6 Å². The molecule has 1 N–H and O–H groups in total. The summed E-state index contributed by atoms with van der Waals surface area (Å²) in [5.41, 5.74) is -0.145. The normalized spacial score (nSPS) is 16.2. The molecule has 0 saturated carbocycles. The fourth-order valence-corrected chi connectivity index (χ4v) is 3.53. The first-order valence-corrected chi connectivity index (χ1v) is 9.75. The third kappa shape index (κ3) is 5.49. The number of carbonyl (C=O) groups is 3. The second-order valence-corrected chi connectivity index (χ2v) is 8.48. The fraction of sp³-hybridized carbons (Fsp3) is 0.389. The molecule has 1 saturated heterocycles. The number of hydrogen-bond acceptors (Lipinski definition) is 7. The molecule has 27 heavy (non-hydrogen) atoms. The summed E-state index contributed by atoms with van der Waals surface area (Å²) >= 11 is 3.96. The van der Waals surface area contributed by atoms with E-state index in [4.69, 9.17) is 9.47 Å². The number of phenols is 1. The van der Waals surface area contributed by atoms with Gasteiger partial charge < -0.3 is 14.6 Å². The standard InChI is InChI=1S/C18H20BrNO6S/c1-5-25-12-7-10(6-11(19)15(12)22)8-13-16(23)20(17(24)27-13)9-14(21)26-18(2,3)4/h6-8,22H,5,9H2,1-4H3. The Balaban J connectivity index is 2.22. The maximum Gasteiger partial charge on any atom is 0.326 e. The van der Waals surface area contributed by atoms with E-state index in [2.05, 4.69) is 15.9 Å². The second-order valence-electron chi connectivity index (χ2n) is 6.64. The predicted octanol–water partition coefficient (Wildman–Crippen LogP) is 3.93. The summed E-state index contributed by atoms with van der Waals surface area (Å²) in [6.07, 6.45) is 1.51. The van der Waals surface area contributed by atoms with Crippen molar-refractivity contribution >= 4 is 50.9 Å². The number of esters is 1. The molecule has 0 spiro atoms. The second kappa shape index (κ2) is 8.35. The molecule has 0 aliphatic carbocycles. The maximum atomic E-state index is 12.5. The van der Waals surface area contributed by atoms with E-state index in [1.165, 1.54) is 6.08 Å². The topological polar surface area (TPSA) is 93.1 Å². The number of phenolic OH excluding ortho intramolecular Hbond substituents is 1. The predicted molar refractivity (Wildman–Crippen MR) is 105 cm³/mol. The molecule has 0 aromatic heterocycles. The van der Waals surface area contributed by atoms with Crippen LogP contribution in [0.25, 0.3) is 6.08 Å². The van der Waals surface area contributed by atoms with Crippen LogP contribution in [0.1, 0.15) is 33.3 Å². The Morgan fingerprint density at radius 3 is 2.59 bits per heavy atom. The van der Waals surface area contributed by atoms with E-state index < -0.39 is 29.3 Å². The highest BCUT2D eigenvalue weighted by Gasteiger charge is 2.37. The van der Waals surface area contributed by atoms with Gasteiger partial charge in [-0.3, -0.25) is 19.3 Å². The lowest BCUT2D eigenvalue weighted by molar-refractivity contribution is -0.156. The molecule has 146 valence electrons. The van der Waals surface area contributed by atoms with Crippen LogP contribution in [0.4, 0.5) is 4.79 Å². The average Bonchev–Trinajstić information content (AvgIpc) is 2.78. The highest BCUT2D eigenvalue weighted by molar-refractivity contribution is 9.10. The van der Waals surface area contributed by atoms with Crippen molar-refractivity contribution in [2.24, 2.45) is 0 Å². The Bertz CT molecular complexity index is 815. The van der Waals surface area contributed by atoms with Gasteiger partial charge in [-0.2, -0.15) is 0 Å². The van der Waals surface area contributed by atoms with Gasteiger partial charge in [0.2, 0.25) is 0 Å². The number of benzene rings is 1. The molecule has 1 aromatic carbocycles. The van der Waals surface area contributed by atoms with Crippen molar-refractivity contribution in [1.29, 1.82) is 0 Å². The molecule has 1 fully saturated rings. The lowest BCUT2D eigenvalue weighted by Gasteiger charge is -2.21. The van der Waals surface area contributed by atoms with Gasteiger partial charge in [-0.15, -0.1) is 0 Å². The van der Waals surface area contributed by atoms with Crippen molar-refractivity contribution in [3.63, 3.8) is 0 Å². The molecule has 9 heteroatoms. The first-order chi connectivity index (χ1) is 12.5. The van der Waals surface area contributed by atoms with Gasteiger partial charge in [0.15, 0.2) is 11.5 Å². The zero-order valence-electron chi connectivity index (χ0n) is 15.4. The summed E-state index contributed by atoms with van der Waals surface area (Å²) in [5.74, 6) is -1.02. The van der Waals surface area contributed by atoms with E-state index in [1.807, 2.05) is 0 Å². The van der Waals surface area contributed by atoms with Crippen LogP contribution in [0.3, 0.4) is 0 Å². The number of nitrogens with zero attached hydrogens (tertiary/aromatic N) is 1. The van der Waals surface area contributed by atoms with Crippen molar-refractivity contribution in [2.75, 3.05) is 13.2 Å². The molecule has 1 aliphatic heterocycles. The number of aromatic hydroxyl groups is 1. The van der Waals surface area contributed by atoms with E-state index in [9.17, 15) is 19.5 Å². The Kier molecular flexibility index (Phi) is 6.59. The lowest BCUT2D eigenvalue weighted by atomic mass is 10.2. The van der Waals surface area contributed by atoms with Crippen LogP contribution in [-0.2, 0) is 14.3 Å². The minimum absolute atomic E-state index is 0.0490. The molecule has 7 nitrogen and oxygen atoms in total. The van der Waals surface area contributed by atoms with Gasteiger partial charge in [-0.05, 0) is 79.2 Å². The highest BCUT2D eigenvalue weighted by Crippen LogP contribution is 2.38. The van der Waals surface area contributed by atoms with Gasteiger partial charge in [0.05, 0.1) is 16.0 Å². The smallest absolute Gasteiger partial charge is 0.326 e. The Labute approximate surface area is 169 Å². The van der Waals surface area contributed by atoms with Crippen molar-refractivity contribution in [3.8, 4) is 11.5 Å². The molecule has 2 rings (SSSR count). The zero-order valence-corrected chi connectivity index (χ0v) is 17.8. The van der Waals surface area contributed by atoms with Crippen LogP contribution in [-0.4, -0.2) is 45.9 Å². The summed E-state index contributed by atoms with van der Waals surface area (Å²) in [6, 6.07) is 3.16.